The minimum atomic E-state index is -0.630. The van der Waals surface area contributed by atoms with Crippen LogP contribution in [0, 0.1) is 5.92 Å². The van der Waals surface area contributed by atoms with Crippen molar-refractivity contribution < 1.29 is 14.7 Å². The monoisotopic (exact) mass is 157 g/mol. The van der Waals surface area contributed by atoms with Crippen LogP contribution in [0.3, 0.4) is 0 Å². The molecule has 0 bridgehead atoms. The lowest BCUT2D eigenvalue weighted by Crippen LogP contribution is -2.04. The molecule has 0 atom stereocenters. The van der Waals surface area contributed by atoms with Crippen LogP contribution < -0.4 is 5.73 Å². The Hall–Kier alpha value is -1.32. The Morgan fingerprint density at radius 3 is 1.91 bits per heavy atom. The highest BCUT2D eigenvalue weighted by molar-refractivity contribution is 5.84. The number of carboxylic acids is 1. The molecule has 0 aromatic carbocycles. The van der Waals surface area contributed by atoms with Crippen LogP contribution in [0.15, 0.2) is 12.7 Å². The van der Waals surface area contributed by atoms with Crippen LogP contribution in [0.1, 0.15) is 12.8 Å². The van der Waals surface area contributed by atoms with Gasteiger partial charge in [0.1, 0.15) is 0 Å². The van der Waals surface area contributed by atoms with Gasteiger partial charge in [-0.3, -0.25) is 9.59 Å². The molecule has 1 amide bonds. The van der Waals surface area contributed by atoms with E-state index in [1.54, 1.807) is 0 Å². The fraction of sp³-hybridized carbons (Fsp3) is 0.429. The molecule has 0 heterocycles. The van der Waals surface area contributed by atoms with Crippen molar-refractivity contribution in [2.45, 2.75) is 12.8 Å². The van der Waals surface area contributed by atoms with Crippen molar-refractivity contribution in [3.63, 3.8) is 0 Å². The summed E-state index contributed by atoms with van der Waals surface area (Å²) in [6.45, 7) is 3.09. The molecule has 3 N–H and O–H groups in total. The van der Waals surface area contributed by atoms with Crippen LogP contribution in [0.4, 0.5) is 0 Å². The van der Waals surface area contributed by atoms with Crippen molar-refractivity contribution in [3.8, 4) is 0 Å². The first-order valence-corrected chi connectivity index (χ1v) is 3.22. The van der Waals surface area contributed by atoms with Gasteiger partial charge in [-0.25, -0.2) is 0 Å². The van der Waals surface area contributed by atoms with E-state index in [9.17, 15) is 9.59 Å². The summed E-state index contributed by atoms with van der Waals surface area (Å²) >= 11 is 0. The van der Waals surface area contributed by atoms with E-state index in [-0.39, 0.29) is 5.92 Å². The Kier molecular flexibility index (Phi) is 3.95. The SMILES string of the molecule is C=CC(N)=O.O=C(O)C1CC1. The topological polar surface area (TPSA) is 80.4 Å². The van der Waals surface area contributed by atoms with Crippen molar-refractivity contribution in [3.05, 3.63) is 12.7 Å². The van der Waals surface area contributed by atoms with Gasteiger partial charge in [-0.2, -0.15) is 0 Å². The Morgan fingerprint density at radius 2 is 1.91 bits per heavy atom. The maximum Gasteiger partial charge on any atom is 0.306 e. The molecule has 0 aromatic rings. The lowest BCUT2D eigenvalue weighted by Gasteiger charge is -1.75. The van der Waals surface area contributed by atoms with Gasteiger partial charge in [0, 0.05) is 0 Å². The fourth-order valence-corrected chi connectivity index (χ4v) is 0.330. The van der Waals surface area contributed by atoms with Crippen molar-refractivity contribution in [2.75, 3.05) is 0 Å². The third kappa shape index (κ3) is 6.57. The Morgan fingerprint density at radius 1 is 1.55 bits per heavy atom. The molecule has 0 radical (unpaired) electrons. The molecule has 1 aliphatic rings. The summed E-state index contributed by atoms with van der Waals surface area (Å²) in [5.41, 5.74) is 4.53. The summed E-state index contributed by atoms with van der Waals surface area (Å²) in [4.78, 5) is 19.2. The largest absolute Gasteiger partial charge is 0.481 e. The summed E-state index contributed by atoms with van der Waals surface area (Å²) in [5, 5.41) is 8.05. The molecule has 11 heavy (non-hydrogen) atoms. The molecule has 0 saturated heterocycles. The van der Waals surface area contributed by atoms with E-state index in [1.165, 1.54) is 0 Å². The highest BCUT2D eigenvalue weighted by atomic mass is 16.4. The first-order valence-electron chi connectivity index (χ1n) is 3.22. The van der Waals surface area contributed by atoms with Crippen LogP contribution in [0.2, 0.25) is 0 Å². The van der Waals surface area contributed by atoms with Crippen molar-refractivity contribution in [2.24, 2.45) is 11.7 Å². The van der Waals surface area contributed by atoms with E-state index in [1.807, 2.05) is 0 Å². The van der Waals surface area contributed by atoms with E-state index in [0.717, 1.165) is 18.9 Å². The van der Waals surface area contributed by atoms with Gasteiger partial charge in [-0.1, -0.05) is 6.58 Å². The fourth-order valence-electron chi connectivity index (χ4n) is 0.330. The molecule has 0 unspecified atom stereocenters. The summed E-state index contributed by atoms with van der Waals surface area (Å²) in [7, 11) is 0. The van der Waals surface area contributed by atoms with Crippen LogP contribution >= 0.6 is 0 Å². The maximum absolute atomic E-state index is 9.76. The average molecular weight is 157 g/mol. The molecule has 0 aliphatic heterocycles. The highest BCUT2D eigenvalue weighted by Crippen LogP contribution is 2.28. The standard InChI is InChI=1S/C4H6O2.C3H5NO/c5-4(6)3-1-2-3;1-2-3(4)5/h3H,1-2H2,(H,5,6);2H,1H2,(H2,4,5). The van der Waals surface area contributed by atoms with Gasteiger partial charge < -0.3 is 10.8 Å². The van der Waals surface area contributed by atoms with Crippen molar-refractivity contribution in [1.82, 2.24) is 0 Å². The second-order valence-corrected chi connectivity index (χ2v) is 2.22. The van der Waals surface area contributed by atoms with Gasteiger partial charge in [-0.15, -0.1) is 0 Å². The van der Waals surface area contributed by atoms with Gasteiger partial charge in [0.25, 0.3) is 0 Å². The number of carboxylic acid groups (broad SMARTS) is 1. The van der Waals surface area contributed by atoms with E-state index in [2.05, 4.69) is 12.3 Å². The van der Waals surface area contributed by atoms with E-state index < -0.39 is 11.9 Å². The molecule has 4 heteroatoms. The van der Waals surface area contributed by atoms with Crippen LogP contribution in [-0.4, -0.2) is 17.0 Å². The molecule has 4 nitrogen and oxygen atoms in total. The number of hydrogen-bond acceptors (Lipinski definition) is 2. The number of carbonyl (C=O) groups excluding carboxylic acids is 1. The zero-order valence-corrected chi connectivity index (χ0v) is 6.12. The van der Waals surface area contributed by atoms with Crippen LogP contribution in [0.25, 0.3) is 0 Å². The van der Waals surface area contributed by atoms with Crippen molar-refractivity contribution in [1.29, 1.82) is 0 Å². The Balaban J connectivity index is 0.000000187. The molecule has 62 valence electrons. The normalized spacial score (nSPS) is 14.2. The summed E-state index contributed by atoms with van der Waals surface area (Å²) < 4.78 is 0. The van der Waals surface area contributed by atoms with Gasteiger partial charge in [-0.05, 0) is 18.9 Å². The molecule has 1 rings (SSSR count). The predicted octanol–water partition coefficient (Wildman–Crippen LogP) is 0.139. The Bertz CT molecular complexity index is 173. The number of amides is 1. The highest BCUT2D eigenvalue weighted by Gasteiger charge is 2.28. The number of rotatable bonds is 2. The van der Waals surface area contributed by atoms with Crippen molar-refractivity contribution >= 4 is 11.9 Å². The average Bonchev–Trinajstić information content (AvgIpc) is 2.69. The van der Waals surface area contributed by atoms with Gasteiger partial charge >= 0.3 is 5.97 Å². The summed E-state index contributed by atoms with van der Waals surface area (Å²) in [6, 6.07) is 0. The molecule has 0 aromatic heterocycles. The lowest BCUT2D eigenvalue weighted by atomic mass is 10.5. The summed E-state index contributed by atoms with van der Waals surface area (Å²) in [5.74, 6) is -1.09. The van der Waals surface area contributed by atoms with Gasteiger partial charge in [0.05, 0.1) is 5.92 Å². The number of hydrogen-bond donors (Lipinski definition) is 2. The second kappa shape index (κ2) is 4.49. The number of carbonyl (C=O) groups is 2. The number of aliphatic carboxylic acids is 1. The minimum Gasteiger partial charge on any atom is -0.481 e. The summed E-state index contributed by atoms with van der Waals surface area (Å²) in [6.07, 6.45) is 2.85. The van der Waals surface area contributed by atoms with Crippen LogP contribution in [-0.2, 0) is 9.59 Å². The predicted molar refractivity (Wildman–Crippen MR) is 39.8 cm³/mol. The molecule has 0 spiro atoms. The minimum absolute atomic E-state index is 0.0185. The quantitative estimate of drug-likeness (QED) is 0.559. The lowest BCUT2D eigenvalue weighted by molar-refractivity contribution is -0.138. The molecule has 1 saturated carbocycles. The first kappa shape index (κ1) is 9.68. The van der Waals surface area contributed by atoms with Gasteiger partial charge in [0.15, 0.2) is 0 Å². The Labute approximate surface area is 64.7 Å². The van der Waals surface area contributed by atoms with E-state index in [4.69, 9.17) is 5.11 Å². The molecular formula is C7H11NO3. The zero-order valence-electron chi connectivity index (χ0n) is 6.12. The van der Waals surface area contributed by atoms with Gasteiger partial charge in [0.2, 0.25) is 5.91 Å². The van der Waals surface area contributed by atoms with Crippen LogP contribution in [0.5, 0.6) is 0 Å². The number of primary amides is 1. The number of nitrogens with two attached hydrogens (primary N) is 1. The molecular weight excluding hydrogens is 146 g/mol. The van der Waals surface area contributed by atoms with E-state index in [0.29, 0.717) is 0 Å². The molecule has 1 aliphatic carbocycles. The second-order valence-electron chi connectivity index (χ2n) is 2.22. The smallest absolute Gasteiger partial charge is 0.306 e. The first-order chi connectivity index (χ1) is 5.07. The van der Waals surface area contributed by atoms with E-state index >= 15 is 0 Å². The third-order valence-corrected chi connectivity index (χ3v) is 1.13. The zero-order chi connectivity index (χ0) is 8.85. The molecule has 1 fully saturated rings. The third-order valence-electron chi connectivity index (χ3n) is 1.13. The maximum atomic E-state index is 9.76.